The zero-order chi connectivity index (χ0) is 14.3. The lowest BCUT2D eigenvalue weighted by atomic mass is 9.75. The number of carboxylic acids is 2. The summed E-state index contributed by atoms with van der Waals surface area (Å²) in [7, 11) is 0. The van der Waals surface area contributed by atoms with E-state index in [1.807, 2.05) is 6.07 Å². The van der Waals surface area contributed by atoms with Crippen molar-refractivity contribution in [2.75, 3.05) is 0 Å². The highest BCUT2D eigenvalue weighted by atomic mass is 16.4. The van der Waals surface area contributed by atoms with Crippen LogP contribution in [0.4, 0.5) is 0 Å². The second kappa shape index (κ2) is 6.50. The average Bonchev–Trinajstić information content (AvgIpc) is 2.40. The highest BCUT2D eigenvalue weighted by molar-refractivity contribution is 5.65. The molecule has 0 saturated heterocycles. The van der Waals surface area contributed by atoms with Crippen molar-refractivity contribution in [3.8, 4) is 6.07 Å². The van der Waals surface area contributed by atoms with Gasteiger partial charge in [-0.15, -0.1) is 0 Å². The van der Waals surface area contributed by atoms with Gasteiger partial charge in [-0.05, 0) is 37.3 Å². The maximum atomic E-state index is 10.6. The Balaban J connectivity index is 3.03. The molecule has 1 aromatic rings. The Hall–Kier alpha value is -2.42. The van der Waals surface area contributed by atoms with Crippen molar-refractivity contribution in [3.63, 3.8) is 0 Å². The molecule has 0 aliphatic rings. The number of hydrogen-bond acceptors (Lipinski definition) is 6. The number of rotatable bonds is 7. The molecule has 1 aromatic heterocycles. The van der Waals surface area contributed by atoms with Gasteiger partial charge in [0.2, 0.25) is 0 Å². The topological polar surface area (TPSA) is 117 Å². The van der Waals surface area contributed by atoms with Crippen LogP contribution >= 0.6 is 0 Å². The molecule has 0 amide bonds. The molecule has 0 saturated carbocycles. The molecule has 0 aromatic carbocycles. The summed E-state index contributed by atoms with van der Waals surface area (Å²) in [6.07, 6.45) is 2.26. The number of aliphatic carboxylic acids is 2. The first-order chi connectivity index (χ1) is 9.00. The fourth-order valence-electron chi connectivity index (χ4n) is 1.87. The Morgan fingerprint density at radius 3 is 2.21 bits per heavy atom. The van der Waals surface area contributed by atoms with E-state index in [1.54, 1.807) is 12.1 Å². The number of aromatic nitrogens is 1. The number of pyridine rings is 1. The third kappa shape index (κ3) is 4.07. The van der Waals surface area contributed by atoms with Crippen LogP contribution < -0.4 is 10.2 Å². The van der Waals surface area contributed by atoms with Crippen LogP contribution in [0.15, 0.2) is 24.5 Å². The smallest absolute Gasteiger partial charge is 0.0844 e. The van der Waals surface area contributed by atoms with Crippen molar-refractivity contribution in [3.05, 3.63) is 30.1 Å². The standard InChI is InChI=1S/C13H14N2O4/c14-9-13(5-3-11(16)17,6-4-12(18)19)10-2-1-7-15-8-10/h1-2,7-8H,3-6H2,(H,16,17)(H,18,19)/p-2. The van der Waals surface area contributed by atoms with Crippen LogP contribution in [0.2, 0.25) is 0 Å². The lowest BCUT2D eigenvalue weighted by Crippen LogP contribution is -2.32. The summed E-state index contributed by atoms with van der Waals surface area (Å²) in [4.78, 5) is 25.0. The Morgan fingerprint density at radius 1 is 1.26 bits per heavy atom. The molecule has 0 N–H and O–H groups in total. The summed E-state index contributed by atoms with van der Waals surface area (Å²) in [6, 6.07) is 5.26. The van der Waals surface area contributed by atoms with E-state index in [9.17, 15) is 25.1 Å². The van der Waals surface area contributed by atoms with Crippen LogP contribution in [0.25, 0.3) is 0 Å². The number of carboxylic acid groups (broad SMARTS) is 2. The molecule has 0 spiro atoms. The Labute approximate surface area is 110 Å². The predicted molar refractivity (Wildman–Crippen MR) is 60.0 cm³/mol. The lowest BCUT2D eigenvalue weighted by Gasteiger charge is -2.27. The summed E-state index contributed by atoms with van der Waals surface area (Å²) in [6.45, 7) is 0. The lowest BCUT2D eigenvalue weighted by molar-refractivity contribution is -0.306. The van der Waals surface area contributed by atoms with E-state index in [0.29, 0.717) is 5.56 Å². The Bertz CT molecular complexity index is 475. The highest BCUT2D eigenvalue weighted by Crippen LogP contribution is 2.33. The monoisotopic (exact) mass is 260 g/mol. The van der Waals surface area contributed by atoms with Gasteiger partial charge in [-0.3, -0.25) is 4.98 Å². The van der Waals surface area contributed by atoms with Gasteiger partial charge in [0.25, 0.3) is 0 Å². The summed E-state index contributed by atoms with van der Waals surface area (Å²) in [5.41, 5.74) is -0.700. The van der Waals surface area contributed by atoms with Gasteiger partial charge in [-0.1, -0.05) is 6.07 Å². The zero-order valence-electron chi connectivity index (χ0n) is 10.2. The normalized spacial score (nSPS) is 10.7. The SMILES string of the molecule is N#CC(CCC(=O)[O-])(CCC(=O)[O-])c1cccnc1. The number of nitrogens with zero attached hydrogens (tertiary/aromatic N) is 2. The number of carbonyl (C=O) groups is 2. The van der Waals surface area contributed by atoms with Crippen LogP contribution in [-0.2, 0) is 15.0 Å². The van der Waals surface area contributed by atoms with Gasteiger partial charge < -0.3 is 19.8 Å². The van der Waals surface area contributed by atoms with E-state index in [2.05, 4.69) is 4.98 Å². The van der Waals surface area contributed by atoms with E-state index in [0.717, 1.165) is 0 Å². The van der Waals surface area contributed by atoms with Gasteiger partial charge in [0, 0.05) is 24.3 Å². The van der Waals surface area contributed by atoms with Crippen LogP contribution in [0.3, 0.4) is 0 Å². The molecule has 6 heteroatoms. The molecule has 100 valence electrons. The summed E-state index contributed by atoms with van der Waals surface area (Å²) < 4.78 is 0. The van der Waals surface area contributed by atoms with Gasteiger partial charge in [0.1, 0.15) is 0 Å². The molecule has 0 radical (unpaired) electrons. The summed E-state index contributed by atoms with van der Waals surface area (Å²) in [5.74, 6) is -2.56. The summed E-state index contributed by atoms with van der Waals surface area (Å²) >= 11 is 0. The molecule has 0 unspecified atom stereocenters. The first-order valence-electron chi connectivity index (χ1n) is 5.71. The van der Waals surface area contributed by atoms with Crippen LogP contribution in [0, 0.1) is 11.3 Å². The molecule has 0 aliphatic carbocycles. The van der Waals surface area contributed by atoms with E-state index in [1.165, 1.54) is 12.4 Å². The minimum atomic E-state index is -1.28. The van der Waals surface area contributed by atoms with E-state index >= 15 is 0 Å². The van der Waals surface area contributed by atoms with E-state index in [-0.39, 0.29) is 25.7 Å². The fraction of sp³-hybridized carbons (Fsp3) is 0.385. The molecular weight excluding hydrogens is 248 g/mol. The molecule has 1 heterocycles. The molecule has 0 aliphatic heterocycles. The molecule has 6 nitrogen and oxygen atoms in total. The van der Waals surface area contributed by atoms with Crippen LogP contribution in [0.5, 0.6) is 0 Å². The fourth-order valence-corrected chi connectivity index (χ4v) is 1.87. The molecule has 1 rings (SSSR count). The van der Waals surface area contributed by atoms with Crippen LogP contribution in [0.1, 0.15) is 31.2 Å². The van der Waals surface area contributed by atoms with E-state index < -0.39 is 17.4 Å². The second-order valence-corrected chi connectivity index (χ2v) is 4.18. The largest absolute Gasteiger partial charge is 0.550 e. The highest BCUT2D eigenvalue weighted by Gasteiger charge is 2.32. The van der Waals surface area contributed by atoms with E-state index in [4.69, 9.17) is 0 Å². The van der Waals surface area contributed by atoms with Crippen molar-refractivity contribution in [2.45, 2.75) is 31.1 Å². The average molecular weight is 260 g/mol. The number of carbonyl (C=O) groups excluding carboxylic acids is 2. The van der Waals surface area contributed by atoms with Gasteiger partial charge >= 0.3 is 0 Å². The predicted octanol–water partition coefficient (Wildman–Crippen LogP) is -1.10. The van der Waals surface area contributed by atoms with Crippen molar-refractivity contribution >= 4 is 11.9 Å². The number of hydrogen-bond donors (Lipinski definition) is 0. The molecule has 19 heavy (non-hydrogen) atoms. The van der Waals surface area contributed by atoms with Gasteiger partial charge in [-0.25, -0.2) is 0 Å². The minimum Gasteiger partial charge on any atom is -0.550 e. The van der Waals surface area contributed by atoms with Gasteiger partial charge in [0.15, 0.2) is 0 Å². The first-order valence-corrected chi connectivity index (χ1v) is 5.71. The molecular formula is C13H12N2O4-2. The zero-order valence-corrected chi connectivity index (χ0v) is 10.2. The van der Waals surface area contributed by atoms with Crippen LogP contribution in [-0.4, -0.2) is 16.9 Å². The second-order valence-electron chi connectivity index (χ2n) is 4.18. The quantitative estimate of drug-likeness (QED) is 0.614. The van der Waals surface area contributed by atoms with Gasteiger partial charge in [0.05, 0.1) is 11.5 Å². The minimum absolute atomic E-state index is 0.0230. The van der Waals surface area contributed by atoms with Gasteiger partial charge in [-0.2, -0.15) is 5.26 Å². The molecule has 0 bridgehead atoms. The Morgan fingerprint density at radius 2 is 1.84 bits per heavy atom. The van der Waals surface area contributed by atoms with Crippen molar-refractivity contribution in [1.82, 2.24) is 4.98 Å². The number of nitriles is 1. The maximum Gasteiger partial charge on any atom is 0.0844 e. The first kappa shape index (κ1) is 14.6. The molecule has 0 fully saturated rings. The van der Waals surface area contributed by atoms with Crippen molar-refractivity contribution < 1.29 is 19.8 Å². The Kier molecular flexibility index (Phi) is 5.01. The third-order valence-corrected chi connectivity index (χ3v) is 2.94. The summed E-state index contributed by atoms with van der Waals surface area (Å²) in [5, 5.41) is 30.5. The van der Waals surface area contributed by atoms with Crippen molar-refractivity contribution in [1.29, 1.82) is 5.26 Å². The molecule has 0 atom stereocenters. The third-order valence-electron chi connectivity index (χ3n) is 2.94. The maximum absolute atomic E-state index is 10.6. The van der Waals surface area contributed by atoms with Crippen molar-refractivity contribution in [2.24, 2.45) is 0 Å².